The van der Waals surface area contributed by atoms with Crippen molar-refractivity contribution in [2.45, 2.75) is 20.8 Å². The van der Waals surface area contributed by atoms with Gasteiger partial charge in [0.25, 0.3) is 0 Å². The number of ether oxygens (including phenoxy) is 1. The molecule has 6 nitrogen and oxygen atoms in total. The van der Waals surface area contributed by atoms with Crippen LogP contribution in [0, 0.1) is 13.8 Å². The van der Waals surface area contributed by atoms with Crippen molar-refractivity contribution in [3.05, 3.63) is 45.7 Å². The van der Waals surface area contributed by atoms with E-state index in [0.29, 0.717) is 22.1 Å². The highest BCUT2D eigenvalue weighted by atomic mass is 35.5. The summed E-state index contributed by atoms with van der Waals surface area (Å²) in [5.74, 6) is -1.73. The van der Waals surface area contributed by atoms with Crippen LogP contribution in [0.2, 0.25) is 5.02 Å². The molecule has 2 aromatic rings. The first-order valence-corrected chi connectivity index (χ1v) is 7.01. The average Bonchev–Trinajstić information content (AvgIpc) is 2.74. The second-order valence-corrected chi connectivity index (χ2v) is 5.03. The molecule has 0 fully saturated rings. The van der Waals surface area contributed by atoms with E-state index in [-0.39, 0.29) is 17.7 Å². The van der Waals surface area contributed by atoms with Gasteiger partial charge in [0.05, 0.1) is 39.8 Å². The molecule has 0 aliphatic heterocycles. The lowest BCUT2D eigenvalue weighted by molar-refractivity contribution is 0.0526. The van der Waals surface area contributed by atoms with Gasteiger partial charge in [-0.3, -0.25) is 0 Å². The van der Waals surface area contributed by atoms with Crippen LogP contribution in [-0.4, -0.2) is 33.4 Å². The van der Waals surface area contributed by atoms with Gasteiger partial charge in [0, 0.05) is 0 Å². The Morgan fingerprint density at radius 1 is 1.36 bits per heavy atom. The maximum Gasteiger partial charge on any atom is 0.340 e. The van der Waals surface area contributed by atoms with Crippen molar-refractivity contribution in [1.82, 2.24) is 9.78 Å². The van der Waals surface area contributed by atoms with E-state index in [9.17, 15) is 9.59 Å². The van der Waals surface area contributed by atoms with Gasteiger partial charge in [-0.15, -0.1) is 0 Å². The highest BCUT2D eigenvalue weighted by Gasteiger charge is 2.20. The smallest absolute Gasteiger partial charge is 0.340 e. The molecule has 0 radical (unpaired) electrons. The van der Waals surface area contributed by atoms with E-state index in [0.717, 1.165) is 0 Å². The molecule has 0 spiro atoms. The van der Waals surface area contributed by atoms with Gasteiger partial charge in [0.15, 0.2) is 0 Å². The van der Waals surface area contributed by atoms with E-state index in [1.165, 1.54) is 22.9 Å². The number of halogens is 1. The van der Waals surface area contributed by atoms with Gasteiger partial charge in [0.2, 0.25) is 0 Å². The first kappa shape index (κ1) is 16.0. The number of carbonyl (C=O) groups is 2. The molecule has 0 aliphatic rings. The zero-order valence-electron chi connectivity index (χ0n) is 12.4. The van der Waals surface area contributed by atoms with Gasteiger partial charge in [-0.2, -0.15) is 5.10 Å². The fourth-order valence-corrected chi connectivity index (χ4v) is 2.20. The second kappa shape index (κ2) is 6.19. The predicted molar refractivity (Wildman–Crippen MR) is 81.0 cm³/mol. The zero-order chi connectivity index (χ0) is 16.4. The van der Waals surface area contributed by atoms with Crippen LogP contribution in [0.25, 0.3) is 5.69 Å². The van der Waals surface area contributed by atoms with E-state index in [2.05, 4.69) is 5.10 Å². The Labute approximate surface area is 132 Å². The summed E-state index contributed by atoms with van der Waals surface area (Å²) >= 11 is 6.13. The molecule has 22 heavy (non-hydrogen) atoms. The molecule has 0 amide bonds. The molecule has 0 saturated carbocycles. The van der Waals surface area contributed by atoms with E-state index in [1.54, 1.807) is 20.8 Å². The van der Waals surface area contributed by atoms with E-state index >= 15 is 0 Å². The molecule has 1 aromatic heterocycles. The number of benzene rings is 1. The Morgan fingerprint density at radius 2 is 2.05 bits per heavy atom. The van der Waals surface area contributed by atoms with Crippen molar-refractivity contribution in [3.63, 3.8) is 0 Å². The number of hydrogen-bond donors (Lipinski definition) is 1. The van der Waals surface area contributed by atoms with Gasteiger partial charge < -0.3 is 9.84 Å². The highest BCUT2D eigenvalue weighted by Crippen LogP contribution is 2.25. The van der Waals surface area contributed by atoms with Gasteiger partial charge >= 0.3 is 11.9 Å². The summed E-state index contributed by atoms with van der Waals surface area (Å²) in [6.45, 7) is 5.39. The third-order valence-electron chi connectivity index (χ3n) is 3.17. The monoisotopic (exact) mass is 322 g/mol. The number of carbonyl (C=O) groups excluding carboxylic acids is 1. The fourth-order valence-electron chi connectivity index (χ4n) is 2.08. The van der Waals surface area contributed by atoms with Gasteiger partial charge in [0.1, 0.15) is 0 Å². The maximum absolute atomic E-state index is 12.1. The normalized spacial score (nSPS) is 10.5. The Bertz CT molecular complexity index is 752. The van der Waals surface area contributed by atoms with Crippen molar-refractivity contribution in [2.75, 3.05) is 6.61 Å². The molecular weight excluding hydrogens is 308 g/mol. The Kier molecular flexibility index (Phi) is 4.51. The number of aryl methyl sites for hydroxylation is 1. The SMILES string of the molecule is CCOC(=O)c1cc(C(=O)O)ccc1-n1nc(C)c(Cl)c1C. The number of esters is 1. The summed E-state index contributed by atoms with van der Waals surface area (Å²) in [5, 5.41) is 13.9. The number of carboxylic acids is 1. The summed E-state index contributed by atoms with van der Waals surface area (Å²) in [7, 11) is 0. The lowest BCUT2D eigenvalue weighted by Gasteiger charge is -2.11. The van der Waals surface area contributed by atoms with Gasteiger partial charge in [-0.25, -0.2) is 14.3 Å². The topological polar surface area (TPSA) is 81.4 Å². The maximum atomic E-state index is 12.1. The van der Waals surface area contributed by atoms with Crippen LogP contribution in [-0.2, 0) is 4.74 Å². The van der Waals surface area contributed by atoms with Crippen LogP contribution in [0.4, 0.5) is 0 Å². The minimum absolute atomic E-state index is 0.000527. The van der Waals surface area contributed by atoms with Gasteiger partial charge in [-0.05, 0) is 39.0 Å². The largest absolute Gasteiger partial charge is 0.478 e. The van der Waals surface area contributed by atoms with E-state index < -0.39 is 11.9 Å². The van der Waals surface area contributed by atoms with Crippen LogP contribution >= 0.6 is 11.6 Å². The molecule has 1 aromatic carbocycles. The summed E-state index contributed by atoms with van der Waals surface area (Å²) in [5.41, 5.74) is 1.84. The molecule has 116 valence electrons. The number of aromatic carboxylic acids is 1. The Balaban J connectivity index is 2.66. The Morgan fingerprint density at radius 3 is 2.55 bits per heavy atom. The molecular formula is C15H15ClN2O4. The van der Waals surface area contributed by atoms with E-state index in [4.69, 9.17) is 21.4 Å². The van der Waals surface area contributed by atoms with Crippen molar-refractivity contribution in [2.24, 2.45) is 0 Å². The van der Waals surface area contributed by atoms with E-state index in [1.807, 2.05) is 0 Å². The van der Waals surface area contributed by atoms with Crippen molar-refractivity contribution >= 4 is 23.5 Å². The first-order chi connectivity index (χ1) is 10.4. The van der Waals surface area contributed by atoms with Crippen molar-refractivity contribution in [1.29, 1.82) is 0 Å². The number of hydrogen-bond acceptors (Lipinski definition) is 4. The first-order valence-electron chi connectivity index (χ1n) is 6.63. The minimum atomic E-state index is -1.12. The number of rotatable bonds is 4. The Hall–Kier alpha value is -2.34. The highest BCUT2D eigenvalue weighted by molar-refractivity contribution is 6.31. The van der Waals surface area contributed by atoms with Crippen molar-refractivity contribution in [3.8, 4) is 5.69 Å². The second-order valence-electron chi connectivity index (χ2n) is 4.65. The van der Waals surface area contributed by atoms with Crippen LogP contribution in [0.15, 0.2) is 18.2 Å². The molecule has 1 heterocycles. The third kappa shape index (κ3) is 2.82. The van der Waals surface area contributed by atoms with Crippen molar-refractivity contribution < 1.29 is 19.4 Å². The van der Waals surface area contributed by atoms with Crippen LogP contribution in [0.5, 0.6) is 0 Å². The fraction of sp³-hybridized carbons (Fsp3) is 0.267. The molecule has 1 N–H and O–H groups in total. The summed E-state index contributed by atoms with van der Waals surface area (Å²) in [4.78, 5) is 23.2. The van der Waals surface area contributed by atoms with Crippen LogP contribution < -0.4 is 0 Å². The summed E-state index contributed by atoms with van der Waals surface area (Å²) in [6.07, 6.45) is 0. The molecule has 2 rings (SSSR count). The molecule has 0 saturated heterocycles. The molecule has 0 aliphatic carbocycles. The van der Waals surface area contributed by atoms with Crippen LogP contribution in [0.1, 0.15) is 39.0 Å². The molecule has 0 bridgehead atoms. The third-order valence-corrected chi connectivity index (χ3v) is 3.72. The number of nitrogens with zero attached hydrogens (tertiary/aromatic N) is 2. The zero-order valence-corrected chi connectivity index (χ0v) is 13.1. The van der Waals surface area contributed by atoms with Gasteiger partial charge in [-0.1, -0.05) is 11.6 Å². The summed E-state index contributed by atoms with van der Waals surface area (Å²) < 4.78 is 6.51. The number of aromatic nitrogens is 2. The minimum Gasteiger partial charge on any atom is -0.478 e. The average molecular weight is 323 g/mol. The molecule has 0 atom stereocenters. The molecule has 0 unspecified atom stereocenters. The predicted octanol–water partition coefficient (Wildman–Crippen LogP) is 3.02. The number of carboxylic acid groups (broad SMARTS) is 1. The molecule has 7 heteroatoms. The standard InChI is InChI=1S/C15H15ClN2O4/c1-4-22-15(21)11-7-10(14(19)20)5-6-12(11)18-9(3)13(16)8(2)17-18/h5-7H,4H2,1-3H3,(H,19,20). The lowest BCUT2D eigenvalue weighted by Crippen LogP contribution is -2.13. The quantitative estimate of drug-likeness (QED) is 0.875. The summed E-state index contributed by atoms with van der Waals surface area (Å²) in [6, 6.07) is 4.20. The lowest BCUT2D eigenvalue weighted by atomic mass is 10.1. The van der Waals surface area contributed by atoms with Crippen LogP contribution in [0.3, 0.4) is 0 Å².